The van der Waals surface area contributed by atoms with E-state index in [1.807, 2.05) is 5.32 Å². The van der Waals surface area contributed by atoms with Crippen molar-refractivity contribution in [3.63, 3.8) is 0 Å². The molecule has 5 nitrogen and oxygen atoms in total. The minimum absolute atomic E-state index is 0.593. The van der Waals surface area contributed by atoms with Crippen LogP contribution in [0.2, 0.25) is 0 Å². The van der Waals surface area contributed by atoms with Gasteiger partial charge in [0.05, 0.1) is 6.54 Å². The van der Waals surface area contributed by atoms with E-state index in [4.69, 9.17) is 5.11 Å². The summed E-state index contributed by atoms with van der Waals surface area (Å²) in [6.07, 6.45) is -2.09. The molecule has 0 heterocycles. The summed E-state index contributed by atoms with van der Waals surface area (Å²) in [7, 11) is 0. The van der Waals surface area contributed by atoms with Crippen molar-refractivity contribution in [1.82, 2.24) is 5.32 Å². The first-order valence-electron chi connectivity index (χ1n) is 2.44. The van der Waals surface area contributed by atoms with Crippen LogP contribution in [0.5, 0.6) is 0 Å². The van der Waals surface area contributed by atoms with Crippen molar-refractivity contribution < 1.29 is 19.1 Å². The predicted octanol–water partition coefficient (Wildman–Crippen LogP) is -0.923. The van der Waals surface area contributed by atoms with Gasteiger partial charge in [-0.25, -0.2) is 14.0 Å². The lowest BCUT2D eigenvalue weighted by Crippen LogP contribution is -2.37. The minimum Gasteiger partial charge on any atom is -0.479 e. The molecule has 58 valence electrons. The van der Waals surface area contributed by atoms with Crippen LogP contribution in [0, 0.1) is 0 Å². The average molecular weight is 150 g/mol. The minimum atomic E-state index is -2.09. The van der Waals surface area contributed by atoms with Crippen LogP contribution in [0.3, 0.4) is 0 Å². The molecule has 0 radical (unpaired) electrons. The molecule has 0 fully saturated rings. The van der Waals surface area contributed by atoms with E-state index in [-0.39, 0.29) is 0 Å². The zero-order valence-corrected chi connectivity index (χ0v) is 5.00. The molecule has 0 aliphatic heterocycles. The number of rotatable bonds is 3. The predicted molar refractivity (Wildman–Crippen MR) is 30.1 cm³/mol. The van der Waals surface area contributed by atoms with Gasteiger partial charge in [0, 0.05) is 0 Å². The largest absolute Gasteiger partial charge is 0.479 e. The number of primary amides is 1. The first-order valence-corrected chi connectivity index (χ1v) is 2.44. The molecule has 0 aliphatic rings. The summed E-state index contributed by atoms with van der Waals surface area (Å²) in [4.78, 5) is 19.6. The smallest absolute Gasteiger partial charge is 0.340 e. The SMILES string of the molecule is NC(=O)NC[C@@H](F)C(=O)O. The van der Waals surface area contributed by atoms with Crippen LogP contribution in [0.25, 0.3) is 0 Å². The number of carboxylic acids is 1. The van der Waals surface area contributed by atoms with Crippen molar-refractivity contribution in [2.45, 2.75) is 6.17 Å². The molecule has 0 aliphatic carbocycles. The van der Waals surface area contributed by atoms with Crippen LogP contribution in [-0.4, -0.2) is 29.8 Å². The highest BCUT2D eigenvalue weighted by molar-refractivity contribution is 5.75. The van der Waals surface area contributed by atoms with E-state index in [1.54, 1.807) is 0 Å². The van der Waals surface area contributed by atoms with Crippen molar-refractivity contribution in [2.24, 2.45) is 5.73 Å². The van der Waals surface area contributed by atoms with Gasteiger partial charge in [-0.2, -0.15) is 0 Å². The van der Waals surface area contributed by atoms with Gasteiger partial charge in [-0.1, -0.05) is 0 Å². The lowest BCUT2D eigenvalue weighted by atomic mass is 10.4. The molecule has 0 aromatic rings. The molecular weight excluding hydrogens is 143 g/mol. The lowest BCUT2D eigenvalue weighted by molar-refractivity contribution is -0.142. The molecule has 6 heteroatoms. The van der Waals surface area contributed by atoms with Gasteiger partial charge in [-0.15, -0.1) is 0 Å². The highest BCUT2D eigenvalue weighted by atomic mass is 19.1. The number of halogens is 1. The van der Waals surface area contributed by atoms with E-state index in [2.05, 4.69) is 5.73 Å². The highest BCUT2D eigenvalue weighted by Crippen LogP contribution is 1.86. The monoisotopic (exact) mass is 150 g/mol. The quantitative estimate of drug-likeness (QED) is 0.485. The summed E-state index contributed by atoms with van der Waals surface area (Å²) in [5.41, 5.74) is 4.53. The zero-order chi connectivity index (χ0) is 8.15. The van der Waals surface area contributed by atoms with E-state index in [0.717, 1.165) is 0 Å². The second-order valence-electron chi connectivity index (χ2n) is 1.55. The second-order valence-corrected chi connectivity index (χ2v) is 1.55. The number of carboxylic acid groups (broad SMARTS) is 1. The number of urea groups is 1. The summed E-state index contributed by atoms with van der Waals surface area (Å²) >= 11 is 0. The van der Waals surface area contributed by atoms with Gasteiger partial charge in [-0.3, -0.25) is 0 Å². The molecule has 10 heavy (non-hydrogen) atoms. The molecule has 2 amide bonds. The molecule has 0 unspecified atom stereocenters. The lowest BCUT2D eigenvalue weighted by Gasteiger charge is -2.01. The van der Waals surface area contributed by atoms with Gasteiger partial charge in [-0.05, 0) is 0 Å². The zero-order valence-electron chi connectivity index (χ0n) is 5.00. The number of carbonyl (C=O) groups is 2. The van der Waals surface area contributed by atoms with E-state index in [9.17, 15) is 14.0 Å². The number of hydrogen-bond donors (Lipinski definition) is 3. The summed E-state index contributed by atoms with van der Waals surface area (Å²) in [5.74, 6) is -1.62. The number of aliphatic carboxylic acids is 1. The van der Waals surface area contributed by atoms with Crippen molar-refractivity contribution >= 4 is 12.0 Å². The Bertz CT molecular complexity index is 149. The Morgan fingerprint density at radius 3 is 2.50 bits per heavy atom. The number of amides is 2. The molecule has 0 aromatic heterocycles. The maximum Gasteiger partial charge on any atom is 0.340 e. The number of nitrogens with two attached hydrogens (primary N) is 1. The summed E-state index contributed by atoms with van der Waals surface area (Å²) < 4.78 is 12.0. The van der Waals surface area contributed by atoms with Crippen molar-refractivity contribution in [1.29, 1.82) is 0 Å². The Hall–Kier alpha value is -1.33. The molecule has 0 spiro atoms. The molecule has 0 rings (SSSR count). The number of hydrogen-bond acceptors (Lipinski definition) is 2. The van der Waals surface area contributed by atoms with Gasteiger partial charge < -0.3 is 16.2 Å². The third-order valence-electron chi connectivity index (χ3n) is 0.723. The topological polar surface area (TPSA) is 92.4 Å². The van der Waals surface area contributed by atoms with E-state index in [1.165, 1.54) is 0 Å². The molecule has 1 atom stereocenters. The first kappa shape index (κ1) is 8.67. The van der Waals surface area contributed by atoms with Gasteiger partial charge in [0.1, 0.15) is 0 Å². The van der Waals surface area contributed by atoms with Crippen LogP contribution >= 0.6 is 0 Å². The number of carbonyl (C=O) groups excluding carboxylic acids is 1. The molecule has 0 saturated heterocycles. The molecule has 4 N–H and O–H groups in total. The second kappa shape index (κ2) is 3.65. The fourth-order valence-electron chi connectivity index (χ4n) is 0.278. The maximum atomic E-state index is 12.0. The van der Waals surface area contributed by atoms with Crippen LogP contribution in [0.4, 0.5) is 9.18 Å². The first-order chi connectivity index (χ1) is 4.54. The van der Waals surface area contributed by atoms with Crippen molar-refractivity contribution in [2.75, 3.05) is 6.54 Å². The van der Waals surface area contributed by atoms with Gasteiger partial charge in [0.2, 0.25) is 6.17 Å². The molecular formula is C4H7FN2O3. The van der Waals surface area contributed by atoms with Crippen LogP contribution in [-0.2, 0) is 4.79 Å². The Morgan fingerprint density at radius 2 is 2.20 bits per heavy atom. The van der Waals surface area contributed by atoms with Crippen LogP contribution < -0.4 is 11.1 Å². The standard InChI is InChI=1S/C4H7FN2O3/c5-2(3(8)9)1-7-4(6)10/h2H,1H2,(H,8,9)(H3,6,7,10)/t2-/m1/s1. The van der Waals surface area contributed by atoms with E-state index >= 15 is 0 Å². The van der Waals surface area contributed by atoms with Crippen molar-refractivity contribution in [3.8, 4) is 0 Å². The summed E-state index contributed by atoms with van der Waals surface area (Å²) in [6, 6.07) is -0.941. The van der Waals surface area contributed by atoms with Crippen LogP contribution in [0.1, 0.15) is 0 Å². The van der Waals surface area contributed by atoms with Gasteiger partial charge in [0.15, 0.2) is 0 Å². The molecule has 0 aromatic carbocycles. The Kier molecular flexibility index (Phi) is 3.16. The number of alkyl halides is 1. The van der Waals surface area contributed by atoms with Gasteiger partial charge in [0.25, 0.3) is 0 Å². The van der Waals surface area contributed by atoms with Crippen molar-refractivity contribution in [3.05, 3.63) is 0 Å². The maximum absolute atomic E-state index is 12.0. The van der Waals surface area contributed by atoms with Gasteiger partial charge >= 0.3 is 12.0 Å². The summed E-state index contributed by atoms with van der Waals surface area (Å²) in [6.45, 7) is -0.593. The highest BCUT2D eigenvalue weighted by Gasteiger charge is 2.14. The normalized spacial score (nSPS) is 12.1. The number of nitrogens with one attached hydrogen (secondary N) is 1. The van der Waals surface area contributed by atoms with E-state index < -0.39 is 24.7 Å². The third-order valence-corrected chi connectivity index (χ3v) is 0.723. The Morgan fingerprint density at radius 1 is 1.70 bits per heavy atom. The molecule has 0 bridgehead atoms. The fourth-order valence-corrected chi connectivity index (χ4v) is 0.278. The fraction of sp³-hybridized carbons (Fsp3) is 0.500. The summed E-state index contributed by atoms with van der Waals surface area (Å²) in [5, 5.41) is 9.74. The third kappa shape index (κ3) is 3.65. The van der Waals surface area contributed by atoms with E-state index in [0.29, 0.717) is 0 Å². The average Bonchev–Trinajstić information content (AvgIpc) is 1.82. The van der Waals surface area contributed by atoms with Crippen LogP contribution in [0.15, 0.2) is 0 Å². The Labute approximate surface area is 56.0 Å². The molecule has 0 saturated carbocycles. The Balaban J connectivity index is 3.49.